The monoisotopic (exact) mass is 257 g/mol. The van der Waals surface area contributed by atoms with E-state index in [9.17, 15) is 8.78 Å². The first-order chi connectivity index (χ1) is 8.46. The Balaban J connectivity index is 1.77. The maximum Gasteiger partial charge on any atom is 0.163 e. The van der Waals surface area contributed by atoms with Crippen molar-refractivity contribution in [1.29, 1.82) is 0 Å². The van der Waals surface area contributed by atoms with Crippen molar-refractivity contribution in [3.63, 3.8) is 0 Å². The Morgan fingerprint density at radius 1 is 1.33 bits per heavy atom. The molecule has 1 aliphatic rings. The lowest BCUT2D eigenvalue weighted by atomic mass is 10.2. The fourth-order valence-corrected chi connectivity index (χ4v) is 1.89. The van der Waals surface area contributed by atoms with E-state index >= 15 is 0 Å². The number of rotatable bonds is 4. The summed E-state index contributed by atoms with van der Waals surface area (Å²) in [4.78, 5) is 0. The van der Waals surface area contributed by atoms with E-state index in [2.05, 4.69) is 5.32 Å². The van der Waals surface area contributed by atoms with Crippen molar-refractivity contribution < 1.29 is 18.3 Å². The quantitative estimate of drug-likeness (QED) is 0.897. The van der Waals surface area contributed by atoms with E-state index in [0.717, 1.165) is 6.07 Å². The number of halogens is 2. The SMILES string of the molecule is CC1(C)OCC(CNCc2ccc(F)c(F)c2)O1. The zero-order chi connectivity index (χ0) is 13.2. The largest absolute Gasteiger partial charge is 0.348 e. The molecule has 0 saturated carbocycles. The molecule has 100 valence electrons. The smallest absolute Gasteiger partial charge is 0.163 e. The molecular weight excluding hydrogens is 240 g/mol. The second-order valence-electron chi connectivity index (χ2n) is 4.83. The molecule has 1 saturated heterocycles. The van der Waals surface area contributed by atoms with Gasteiger partial charge in [-0.2, -0.15) is 0 Å². The maximum absolute atomic E-state index is 13.0. The topological polar surface area (TPSA) is 30.5 Å². The van der Waals surface area contributed by atoms with Gasteiger partial charge in [0.1, 0.15) is 0 Å². The highest BCUT2D eigenvalue weighted by Crippen LogP contribution is 2.21. The van der Waals surface area contributed by atoms with Crippen LogP contribution in [0.2, 0.25) is 0 Å². The third-order valence-corrected chi connectivity index (χ3v) is 2.75. The number of nitrogens with one attached hydrogen (secondary N) is 1. The van der Waals surface area contributed by atoms with Gasteiger partial charge in [-0.15, -0.1) is 0 Å². The molecule has 1 unspecified atom stereocenters. The van der Waals surface area contributed by atoms with Crippen molar-refractivity contribution in [3.05, 3.63) is 35.4 Å². The first-order valence-corrected chi connectivity index (χ1v) is 5.93. The van der Waals surface area contributed by atoms with Crippen LogP contribution in [0.15, 0.2) is 18.2 Å². The van der Waals surface area contributed by atoms with Gasteiger partial charge in [-0.1, -0.05) is 6.07 Å². The van der Waals surface area contributed by atoms with E-state index < -0.39 is 17.4 Å². The Labute approximate surface area is 105 Å². The van der Waals surface area contributed by atoms with Crippen LogP contribution in [0.25, 0.3) is 0 Å². The minimum atomic E-state index is -0.826. The van der Waals surface area contributed by atoms with Gasteiger partial charge in [0, 0.05) is 13.1 Å². The zero-order valence-electron chi connectivity index (χ0n) is 10.5. The molecule has 18 heavy (non-hydrogen) atoms. The van der Waals surface area contributed by atoms with Crippen LogP contribution in [-0.4, -0.2) is 25.0 Å². The molecule has 0 aromatic heterocycles. The van der Waals surface area contributed by atoms with E-state index in [1.54, 1.807) is 6.07 Å². The summed E-state index contributed by atoms with van der Waals surface area (Å²) in [6.07, 6.45) is -0.00899. The first kappa shape index (κ1) is 13.4. The van der Waals surface area contributed by atoms with Crippen LogP contribution in [0.5, 0.6) is 0 Å². The summed E-state index contributed by atoms with van der Waals surface area (Å²) < 4.78 is 36.7. The Bertz CT molecular complexity index is 423. The lowest BCUT2D eigenvalue weighted by Gasteiger charge is -2.17. The van der Waals surface area contributed by atoms with Crippen molar-refractivity contribution in [2.24, 2.45) is 0 Å². The molecule has 1 aromatic rings. The van der Waals surface area contributed by atoms with Gasteiger partial charge < -0.3 is 14.8 Å². The molecule has 0 aliphatic carbocycles. The van der Waals surface area contributed by atoms with Crippen molar-refractivity contribution in [3.8, 4) is 0 Å². The second-order valence-corrected chi connectivity index (χ2v) is 4.83. The van der Waals surface area contributed by atoms with Gasteiger partial charge in [-0.05, 0) is 31.5 Å². The fourth-order valence-electron chi connectivity index (χ4n) is 1.89. The van der Waals surface area contributed by atoms with E-state index in [1.807, 2.05) is 13.8 Å². The summed E-state index contributed by atoms with van der Waals surface area (Å²) in [5.74, 6) is -2.18. The Morgan fingerprint density at radius 3 is 2.72 bits per heavy atom. The van der Waals surface area contributed by atoms with Gasteiger partial charge in [-0.25, -0.2) is 8.78 Å². The minimum Gasteiger partial charge on any atom is -0.348 e. The molecule has 1 fully saturated rings. The molecule has 1 aliphatic heterocycles. The summed E-state index contributed by atoms with van der Waals surface area (Å²) in [5.41, 5.74) is 0.701. The van der Waals surface area contributed by atoms with Gasteiger partial charge in [0.05, 0.1) is 12.7 Å². The number of ether oxygens (including phenoxy) is 2. The average Bonchev–Trinajstić information content (AvgIpc) is 2.63. The predicted octanol–water partition coefficient (Wildman–Crippen LogP) is 2.21. The first-order valence-electron chi connectivity index (χ1n) is 5.93. The predicted molar refractivity (Wildman–Crippen MR) is 63.0 cm³/mol. The van der Waals surface area contributed by atoms with Gasteiger partial charge in [0.25, 0.3) is 0 Å². The van der Waals surface area contributed by atoms with Crippen LogP contribution in [0.3, 0.4) is 0 Å². The maximum atomic E-state index is 13.0. The molecule has 0 amide bonds. The van der Waals surface area contributed by atoms with Gasteiger partial charge in [0.2, 0.25) is 0 Å². The molecule has 1 heterocycles. The van der Waals surface area contributed by atoms with Crippen LogP contribution in [0.1, 0.15) is 19.4 Å². The molecule has 3 nitrogen and oxygen atoms in total. The summed E-state index contributed by atoms with van der Waals surface area (Å²) in [5, 5.41) is 3.13. The van der Waals surface area contributed by atoms with Crippen LogP contribution in [-0.2, 0) is 16.0 Å². The highest BCUT2D eigenvalue weighted by Gasteiger charge is 2.32. The fraction of sp³-hybridized carbons (Fsp3) is 0.538. The van der Waals surface area contributed by atoms with E-state index in [1.165, 1.54) is 6.07 Å². The highest BCUT2D eigenvalue weighted by molar-refractivity contribution is 5.17. The normalized spacial score (nSPS) is 22.3. The second kappa shape index (κ2) is 5.30. The third-order valence-electron chi connectivity index (χ3n) is 2.75. The molecule has 1 N–H and O–H groups in total. The van der Waals surface area contributed by atoms with Crippen LogP contribution in [0.4, 0.5) is 8.78 Å². The van der Waals surface area contributed by atoms with Crippen molar-refractivity contribution in [1.82, 2.24) is 5.32 Å². The van der Waals surface area contributed by atoms with Gasteiger partial charge in [0.15, 0.2) is 17.4 Å². The zero-order valence-corrected chi connectivity index (χ0v) is 10.5. The molecule has 0 spiro atoms. The molecule has 1 aromatic carbocycles. The van der Waals surface area contributed by atoms with Crippen LogP contribution < -0.4 is 5.32 Å². The van der Waals surface area contributed by atoms with Crippen molar-refractivity contribution >= 4 is 0 Å². The van der Waals surface area contributed by atoms with Gasteiger partial charge in [-0.3, -0.25) is 0 Å². The standard InChI is InChI=1S/C13H17F2NO2/c1-13(2)17-8-10(18-13)7-16-6-9-3-4-11(14)12(15)5-9/h3-5,10,16H,6-8H2,1-2H3. The number of hydrogen-bond acceptors (Lipinski definition) is 3. The Kier molecular flexibility index (Phi) is 3.94. The highest BCUT2D eigenvalue weighted by atomic mass is 19.2. The minimum absolute atomic E-state index is 0.00899. The average molecular weight is 257 g/mol. The third kappa shape index (κ3) is 3.48. The molecule has 5 heteroatoms. The van der Waals surface area contributed by atoms with E-state index in [0.29, 0.717) is 25.3 Å². The molecule has 0 bridgehead atoms. The molecular formula is C13H17F2NO2. The lowest BCUT2D eigenvalue weighted by molar-refractivity contribution is -0.137. The molecule has 2 rings (SSSR count). The summed E-state index contributed by atoms with van der Waals surface area (Å²) in [6, 6.07) is 3.88. The lowest BCUT2D eigenvalue weighted by Crippen LogP contribution is -2.30. The summed E-state index contributed by atoms with van der Waals surface area (Å²) in [7, 11) is 0. The number of hydrogen-bond donors (Lipinski definition) is 1. The Morgan fingerprint density at radius 2 is 2.11 bits per heavy atom. The molecule has 0 radical (unpaired) electrons. The van der Waals surface area contributed by atoms with Crippen LogP contribution in [0, 0.1) is 11.6 Å². The Hall–Kier alpha value is -1.04. The molecule has 1 atom stereocenters. The van der Waals surface area contributed by atoms with E-state index in [-0.39, 0.29) is 6.10 Å². The van der Waals surface area contributed by atoms with Gasteiger partial charge >= 0.3 is 0 Å². The van der Waals surface area contributed by atoms with Crippen LogP contribution >= 0.6 is 0 Å². The number of benzene rings is 1. The summed E-state index contributed by atoms with van der Waals surface area (Å²) in [6.45, 7) is 5.35. The van der Waals surface area contributed by atoms with E-state index in [4.69, 9.17) is 9.47 Å². The van der Waals surface area contributed by atoms with Crippen molar-refractivity contribution in [2.75, 3.05) is 13.2 Å². The summed E-state index contributed by atoms with van der Waals surface area (Å²) >= 11 is 0. The van der Waals surface area contributed by atoms with Crippen molar-refractivity contribution in [2.45, 2.75) is 32.3 Å².